The normalized spacial score (nSPS) is 22.6. The van der Waals surface area contributed by atoms with Crippen LogP contribution in [0.25, 0.3) is 0 Å². The minimum atomic E-state index is -0.254. The fraction of sp³-hybridized carbons (Fsp3) is 0.647. The maximum atomic E-state index is 5.79. The van der Waals surface area contributed by atoms with Crippen LogP contribution in [-0.2, 0) is 9.47 Å². The van der Waals surface area contributed by atoms with Gasteiger partial charge in [0.05, 0.1) is 13.2 Å². The number of hydrogen-bond acceptors (Lipinski definition) is 3. The van der Waals surface area contributed by atoms with Crippen LogP contribution in [0, 0.1) is 0 Å². The second-order valence-electron chi connectivity index (χ2n) is 6.27. The summed E-state index contributed by atoms with van der Waals surface area (Å²) in [5.74, 6) is 0.297. The van der Waals surface area contributed by atoms with Gasteiger partial charge in [-0.2, -0.15) is 0 Å². The predicted molar refractivity (Wildman–Crippen MR) is 81.0 cm³/mol. The van der Waals surface area contributed by atoms with Crippen LogP contribution in [-0.4, -0.2) is 25.0 Å². The van der Waals surface area contributed by atoms with E-state index in [9.17, 15) is 0 Å². The molecule has 1 heterocycles. The minimum Gasteiger partial charge on any atom is -0.382 e. The molecule has 1 aliphatic heterocycles. The lowest BCUT2D eigenvalue weighted by atomic mass is 9.89. The monoisotopic (exact) mass is 275 g/mol. The van der Waals surface area contributed by atoms with Gasteiger partial charge in [-0.25, -0.2) is 0 Å². The molecule has 1 saturated heterocycles. The van der Waals surface area contributed by atoms with Crippen LogP contribution in [0.2, 0.25) is 0 Å². The zero-order valence-electron chi connectivity index (χ0n) is 12.5. The Morgan fingerprint density at radius 3 is 2.40 bits per heavy atom. The minimum absolute atomic E-state index is 0.254. The molecule has 0 radical (unpaired) electrons. The maximum Gasteiger partial charge on any atom is 0.168 e. The van der Waals surface area contributed by atoms with E-state index in [0.29, 0.717) is 12.0 Å². The average Bonchev–Trinajstić information content (AvgIpc) is 2.90. The molecule has 1 spiro atoms. The molecule has 0 aromatic heterocycles. The van der Waals surface area contributed by atoms with E-state index in [-0.39, 0.29) is 5.79 Å². The standard InChI is InChI=1S/C17H25NO2/c1-13(2)15-5-3-4-6-16(15)18-14-7-9-17(10-8-14)19-11-12-20-17/h3-6,13-14,18H,7-12H2,1-2H3. The Balaban J connectivity index is 1.62. The zero-order valence-corrected chi connectivity index (χ0v) is 12.5. The molecule has 3 rings (SSSR count). The third kappa shape index (κ3) is 2.84. The Labute approximate surface area is 121 Å². The van der Waals surface area contributed by atoms with Gasteiger partial charge in [-0.1, -0.05) is 32.0 Å². The van der Waals surface area contributed by atoms with Crippen LogP contribution in [0.1, 0.15) is 51.0 Å². The van der Waals surface area contributed by atoms with Gasteiger partial charge in [-0.05, 0) is 30.4 Å². The van der Waals surface area contributed by atoms with Crippen molar-refractivity contribution in [3.05, 3.63) is 29.8 Å². The molecule has 1 aliphatic carbocycles. The molecule has 3 nitrogen and oxygen atoms in total. The van der Waals surface area contributed by atoms with Crippen molar-refractivity contribution in [1.29, 1.82) is 0 Å². The van der Waals surface area contributed by atoms with Crippen molar-refractivity contribution in [3.63, 3.8) is 0 Å². The first-order valence-electron chi connectivity index (χ1n) is 7.82. The van der Waals surface area contributed by atoms with Crippen LogP contribution in [0.4, 0.5) is 5.69 Å². The highest BCUT2D eigenvalue weighted by Crippen LogP contribution is 2.37. The Morgan fingerprint density at radius 2 is 1.75 bits per heavy atom. The highest BCUT2D eigenvalue weighted by Gasteiger charge is 2.40. The van der Waals surface area contributed by atoms with E-state index >= 15 is 0 Å². The Kier molecular flexibility index (Phi) is 3.99. The molecule has 110 valence electrons. The van der Waals surface area contributed by atoms with Gasteiger partial charge in [0.25, 0.3) is 0 Å². The summed E-state index contributed by atoms with van der Waals surface area (Å²) in [5.41, 5.74) is 2.69. The van der Waals surface area contributed by atoms with Gasteiger partial charge in [-0.15, -0.1) is 0 Å². The van der Waals surface area contributed by atoms with E-state index < -0.39 is 0 Å². The van der Waals surface area contributed by atoms with Gasteiger partial charge in [0.15, 0.2) is 5.79 Å². The smallest absolute Gasteiger partial charge is 0.168 e. The van der Waals surface area contributed by atoms with Gasteiger partial charge in [-0.3, -0.25) is 0 Å². The predicted octanol–water partition coefficient (Wildman–Crippen LogP) is 3.91. The summed E-state index contributed by atoms with van der Waals surface area (Å²) in [4.78, 5) is 0. The van der Waals surface area contributed by atoms with E-state index in [0.717, 1.165) is 38.9 Å². The first kappa shape index (κ1) is 13.9. The molecular weight excluding hydrogens is 250 g/mol. The summed E-state index contributed by atoms with van der Waals surface area (Å²) in [7, 11) is 0. The van der Waals surface area contributed by atoms with Crippen LogP contribution in [0.15, 0.2) is 24.3 Å². The first-order chi connectivity index (χ1) is 9.69. The molecule has 2 aliphatic rings. The topological polar surface area (TPSA) is 30.5 Å². The third-order valence-electron chi connectivity index (χ3n) is 4.50. The third-order valence-corrected chi connectivity index (χ3v) is 4.50. The number of nitrogens with one attached hydrogen (secondary N) is 1. The maximum absolute atomic E-state index is 5.79. The van der Waals surface area contributed by atoms with Gasteiger partial charge in [0.1, 0.15) is 0 Å². The van der Waals surface area contributed by atoms with E-state index in [4.69, 9.17) is 9.47 Å². The molecular formula is C17H25NO2. The summed E-state index contributed by atoms with van der Waals surface area (Å²) >= 11 is 0. The van der Waals surface area contributed by atoms with Crippen LogP contribution in [0.3, 0.4) is 0 Å². The summed E-state index contributed by atoms with van der Waals surface area (Å²) in [5, 5.41) is 3.73. The second-order valence-corrected chi connectivity index (χ2v) is 6.27. The zero-order chi connectivity index (χ0) is 14.0. The molecule has 1 saturated carbocycles. The van der Waals surface area contributed by atoms with Gasteiger partial charge >= 0.3 is 0 Å². The van der Waals surface area contributed by atoms with Gasteiger partial charge in [0, 0.05) is 24.6 Å². The number of anilines is 1. The van der Waals surface area contributed by atoms with Crippen molar-refractivity contribution >= 4 is 5.69 Å². The van der Waals surface area contributed by atoms with Crippen LogP contribution in [0.5, 0.6) is 0 Å². The fourth-order valence-electron chi connectivity index (χ4n) is 3.34. The van der Waals surface area contributed by atoms with E-state index in [1.165, 1.54) is 11.3 Å². The summed E-state index contributed by atoms with van der Waals surface area (Å²) in [6, 6.07) is 9.19. The van der Waals surface area contributed by atoms with Crippen molar-refractivity contribution in [2.45, 2.75) is 57.3 Å². The molecule has 0 atom stereocenters. The van der Waals surface area contributed by atoms with E-state index in [1.54, 1.807) is 0 Å². The average molecular weight is 275 g/mol. The number of para-hydroxylation sites is 1. The van der Waals surface area contributed by atoms with Crippen molar-refractivity contribution < 1.29 is 9.47 Å². The van der Waals surface area contributed by atoms with Crippen LogP contribution >= 0.6 is 0 Å². The Hall–Kier alpha value is -1.06. The van der Waals surface area contributed by atoms with Crippen molar-refractivity contribution in [1.82, 2.24) is 0 Å². The SMILES string of the molecule is CC(C)c1ccccc1NC1CCC2(CC1)OCCO2. The summed E-state index contributed by atoms with van der Waals surface area (Å²) < 4.78 is 11.6. The lowest BCUT2D eigenvalue weighted by molar-refractivity contribution is -0.177. The molecule has 2 fully saturated rings. The summed E-state index contributed by atoms with van der Waals surface area (Å²) in [6.07, 6.45) is 4.25. The molecule has 0 unspecified atom stereocenters. The fourth-order valence-corrected chi connectivity index (χ4v) is 3.34. The molecule has 0 amide bonds. The molecule has 1 aromatic rings. The lowest BCUT2D eigenvalue weighted by Crippen LogP contribution is -2.39. The van der Waals surface area contributed by atoms with E-state index in [1.807, 2.05) is 0 Å². The molecule has 20 heavy (non-hydrogen) atoms. The largest absolute Gasteiger partial charge is 0.382 e. The molecule has 1 aromatic carbocycles. The van der Waals surface area contributed by atoms with Gasteiger partial charge in [0.2, 0.25) is 0 Å². The number of benzene rings is 1. The molecule has 0 bridgehead atoms. The Bertz CT molecular complexity index is 442. The molecule has 1 N–H and O–H groups in total. The highest BCUT2D eigenvalue weighted by molar-refractivity contribution is 5.53. The molecule has 3 heteroatoms. The van der Waals surface area contributed by atoms with Crippen molar-refractivity contribution in [2.75, 3.05) is 18.5 Å². The Morgan fingerprint density at radius 1 is 1.10 bits per heavy atom. The number of hydrogen-bond donors (Lipinski definition) is 1. The van der Waals surface area contributed by atoms with Gasteiger partial charge < -0.3 is 14.8 Å². The number of rotatable bonds is 3. The van der Waals surface area contributed by atoms with Crippen molar-refractivity contribution in [2.24, 2.45) is 0 Å². The first-order valence-corrected chi connectivity index (χ1v) is 7.82. The van der Waals surface area contributed by atoms with Crippen molar-refractivity contribution in [3.8, 4) is 0 Å². The summed E-state index contributed by atoms with van der Waals surface area (Å²) in [6.45, 7) is 6.01. The lowest BCUT2D eigenvalue weighted by Gasteiger charge is -2.36. The van der Waals surface area contributed by atoms with E-state index in [2.05, 4.69) is 43.4 Å². The second kappa shape index (κ2) is 5.74. The highest BCUT2D eigenvalue weighted by atomic mass is 16.7. The number of ether oxygens (including phenoxy) is 2. The van der Waals surface area contributed by atoms with Crippen LogP contribution < -0.4 is 5.32 Å². The quantitative estimate of drug-likeness (QED) is 0.907.